The molecule has 0 spiro atoms. The molecule has 0 unspecified atom stereocenters. The molecule has 15 heteroatoms. The highest BCUT2D eigenvalue weighted by molar-refractivity contribution is 7.26. The lowest BCUT2D eigenvalue weighted by Crippen LogP contribution is -2.00. The minimum atomic E-state index is 0.599. The molecule has 0 fully saturated rings. The van der Waals surface area contributed by atoms with Gasteiger partial charge in [0.2, 0.25) is 0 Å². The van der Waals surface area contributed by atoms with Gasteiger partial charge in [-0.3, -0.25) is 0 Å². The van der Waals surface area contributed by atoms with Crippen LogP contribution in [0.3, 0.4) is 0 Å². The summed E-state index contributed by atoms with van der Waals surface area (Å²) >= 11 is 3.71. The SMILES string of the molecule is c1ccc(-c2nc(-c3ccc(-c4cccc5oc6ccc7ccccc7c6c45)cc3)nc(-c3cccc4oc5ccccc5c34)n2)cc1.c1ccc(-c2nc(-c3ccc(-c4cccc5sc6ccc7ccccc7c6c45)cc3)nc(-c3ccc4oc5ccccc5c4c3)n2)cc1.c1ccc(-c2nc(-c3ccc(-c4cccc5sc6ccc7ccccc7c6c45)cc3)nc(-c3cccc4oc5ccccc5c34)n2)cc1. The van der Waals surface area contributed by atoms with Crippen molar-refractivity contribution in [3.8, 4) is 136 Å². The number of benzene rings is 21. The number of furan rings is 4. The minimum absolute atomic E-state index is 0.599. The van der Waals surface area contributed by atoms with Gasteiger partial charge in [-0.15, -0.1) is 22.7 Å². The number of thiophene rings is 2. The Balaban J connectivity index is 0.000000105. The van der Waals surface area contributed by atoms with Gasteiger partial charge in [0.15, 0.2) is 52.4 Å². The van der Waals surface area contributed by atoms with Crippen LogP contribution in [0.1, 0.15) is 0 Å². The summed E-state index contributed by atoms with van der Waals surface area (Å²) < 4.78 is 30.0. The highest BCUT2D eigenvalue weighted by Gasteiger charge is 2.26. The van der Waals surface area contributed by atoms with Crippen molar-refractivity contribution >= 4 is 183 Å². The Kier molecular flexibility index (Phi) is 20.0. The molecule has 0 saturated carbocycles. The fourth-order valence-corrected chi connectivity index (χ4v) is 23.0. The third-order valence-electron chi connectivity index (χ3n) is 27.4. The molecule has 21 aromatic carbocycles. The zero-order valence-corrected chi connectivity index (χ0v) is 78.4. The summed E-state index contributed by atoms with van der Waals surface area (Å²) in [7, 11) is 0. The van der Waals surface area contributed by atoms with E-state index in [2.05, 4.69) is 267 Å². The van der Waals surface area contributed by atoms with Gasteiger partial charge in [-0.25, -0.2) is 44.9 Å². The number of fused-ring (bicyclic) bond motifs is 24. The second kappa shape index (κ2) is 34.6. The number of hydrogen-bond acceptors (Lipinski definition) is 15. The van der Waals surface area contributed by atoms with Gasteiger partial charge in [-0.05, 0) is 151 Å². The van der Waals surface area contributed by atoms with E-state index in [4.69, 9.17) is 62.5 Å². The van der Waals surface area contributed by atoms with Gasteiger partial charge < -0.3 is 17.7 Å². The van der Waals surface area contributed by atoms with Crippen molar-refractivity contribution in [3.63, 3.8) is 0 Å². The molecule has 0 amide bonds. The molecule has 0 aliphatic carbocycles. The summed E-state index contributed by atoms with van der Waals surface area (Å²) in [6.07, 6.45) is 0. The van der Waals surface area contributed by atoms with Crippen LogP contribution < -0.4 is 0 Å². The van der Waals surface area contributed by atoms with Gasteiger partial charge in [0.25, 0.3) is 0 Å². The summed E-state index contributed by atoms with van der Waals surface area (Å²) in [5.41, 5.74) is 22.0. The molecule has 0 aliphatic heterocycles. The number of aromatic nitrogens is 9. The van der Waals surface area contributed by atoms with Gasteiger partial charge in [0.1, 0.15) is 44.7 Å². The van der Waals surface area contributed by atoms with Crippen LogP contribution in [0.4, 0.5) is 0 Å². The van der Waals surface area contributed by atoms with Gasteiger partial charge in [0, 0.05) is 134 Å². The van der Waals surface area contributed by atoms with Gasteiger partial charge in [-0.2, -0.15) is 0 Å². The molecule has 0 radical (unpaired) electrons. The van der Waals surface area contributed by atoms with Gasteiger partial charge in [-0.1, -0.05) is 370 Å². The van der Waals surface area contributed by atoms with Crippen molar-refractivity contribution in [1.82, 2.24) is 44.9 Å². The highest BCUT2D eigenvalue weighted by atomic mass is 32.1. The summed E-state index contributed by atoms with van der Waals surface area (Å²) in [4.78, 5) is 45.2. The molecule has 144 heavy (non-hydrogen) atoms. The Labute approximate surface area is 830 Å². The molecule has 13 nitrogen and oxygen atoms in total. The lowest BCUT2D eigenvalue weighted by atomic mass is 9.96. The van der Waals surface area contributed by atoms with Crippen LogP contribution in [0, 0.1) is 0 Å². The molecule has 0 bridgehead atoms. The van der Waals surface area contributed by atoms with Crippen molar-refractivity contribution < 1.29 is 17.7 Å². The van der Waals surface area contributed by atoms with Crippen LogP contribution in [0.15, 0.2) is 473 Å². The standard InChI is InChI=1S/C43H25N3O2.2C43H25N3OS/c1-2-11-28(12-3-1)41-44-42(46-43(45-41)33-16-9-18-35-38(33)32-14-6-7-17-34(32)47-35)29-22-20-27(21-23-29)31-15-8-19-36-39(31)40-30-13-5-4-10-26(30)24-25-37(40)48-36;1-2-11-28(12-3-1)41-44-42(46-43(45-41)33-16-8-18-35-38(33)32-14-6-7-17-34(32)47-35)29-22-20-27(21-23-29)31-15-9-19-36-39(31)40-30-13-5-4-10-26(30)24-25-37(40)48-36;1-2-10-28(11-3-1)41-44-42(46-43(45-41)30-21-23-36-34(25-30)33-13-6-7-15-35(33)47-36)29-19-17-27(18-20-29)32-14-8-16-37-39(32)40-31-12-5-4-9-26(31)22-24-38(40)48-37/h3*1-25H. The van der Waals surface area contributed by atoms with E-state index in [1.807, 2.05) is 211 Å². The fourth-order valence-electron chi connectivity index (χ4n) is 20.7. The number of para-hydroxylation sites is 3. The zero-order valence-electron chi connectivity index (χ0n) is 76.8. The molecule has 30 aromatic rings. The van der Waals surface area contributed by atoms with Crippen molar-refractivity contribution in [1.29, 1.82) is 0 Å². The largest absolute Gasteiger partial charge is 0.456 e. The molecular formula is C129H75N9O4S2. The first-order valence-electron chi connectivity index (χ1n) is 47.8. The van der Waals surface area contributed by atoms with E-state index in [1.54, 1.807) is 0 Å². The van der Waals surface area contributed by atoms with E-state index >= 15 is 0 Å². The van der Waals surface area contributed by atoms with Crippen LogP contribution in [0.5, 0.6) is 0 Å². The summed E-state index contributed by atoms with van der Waals surface area (Å²) in [5.74, 6) is 5.58. The number of hydrogen-bond donors (Lipinski definition) is 0. The summed E-state index contributed by atoms with van der Waals surface area (Å²) in [6, 6.07) is 157. The van der Waals surface area contributed by atoms with Crippen LogP contribution in [-0.4, -0.2) is 44.9 Å². The lowest BCUT2D eigenvalue weighted by Gasteiger charge is -2.10. The van der Waals surface area contributed by atoms with E-state index in [9.17, 15) is 0 Å². The van der Waals surface area contributed by atoms with Crippen LogP contribution >= 0.6 is 22.7 Å². The first-order valence-corrected chi connectivity index (χ1v) is 49.5. The van der Waals surface area contributed by atoms with Gasteiger partial charge in [0.05, 0.1) is 0 Å². The Morgan fingerprint density at radius 2 is 0.389 bits per heavy atom. The maximum atomic E-state index is 6.34. The monoisotopic (exact) mass is 1880 g/mol. The molecule has 672 valence electrons. The zero-order chi connectivity index (χ0) is 94.8. The predicted octanol–water partition coefficient (Wildman–Crippen LogP) is 35.4. The number of rotatable bonds is 12. The third kappa shape index (κ3) is 14.5. The van der Waals surface area contributed by atoms with E-state index in [1.165, 1.54) is 83.8 Å². The van der Waals surface area contributed by atoms with Crippen LogP contribution in [0.2, 0.25) is 0 Å². The molecule has 0 saturated heterocycles. The summed E-state index contributed by atoms with van der Waals surface area (Å²) in [5, 5.41) is 21.2. The first kappa shape index (κ1) is 83.3. The maximum Gasteiger partial charge on any atom is 0.164 e. The Hall–Kier alpha value is -18.9. The molecule has 9 aromatic heterocycles. The third-order valence-corrected chi connectivity index (χ3v) is 29.7. The molecule has 0 aliphatic rings. The van der Waals surface area contributed by atoms with Crippen molar-refractivity contribution in [2.45, 2.75) is 0 Å². The van der Waals surface area contributed by atoms with Crippen molar-refractivity contribution in [3.05, 3.63) is 455 Å². The molecule has 0 N–H and O–H groups in total. The van der Waals surface area contributed by atoms with Crippen LogP contribution in [-0.2, 0) is 0 Å². The lowest BCUT2D eigenvalue weighted by molar-refractivity contribution is 0.668. The normalized spacial score (nSPS) is 11.8. The smallest absolute Gasteiger partial charge is 0.164 e. The Morgan fingerprint density at radius 3 is 0.812 bits per heavy atom. The van der Waals surface area contributed by atoms with Crippen molar-refractivity contribution in [2.24, 2.45) is 0 Å². The second-order valence-electron chi connectivity index (χ2n) is 35.9. The Morgan fingerprint density at radius 1 is 0.132 bits per heavy atom. The second-order valence-corrected chi connectivity index (χ2v) is 38.1. The highest BCUT2D eigenvalue weighted by Crippen LogP contribution is 2.49. The minimum Gasteiger partial charge on any atom is -0.456 e. The number of nitrogens with zero attached hydrogens (tertiary/aromatic N) is 9. The van der Waals surface area contributed by atoms with Crippen molar-refractivity contribution in [2.75, 3.05) is 0 Å². The van der Waals surface area contributed by atoms with E-state index < -0.39 is 0 Å². The quantitative estimate of drug-likeness (QED) is 0.113. The maximum absolute atomic E-state index is 6.34. The molecule has 0 atom stereocenters. The van der Waals surface area contributed by atoms with Crippen LogP contribution in [0.25, 0.3) is 296 Å². The topological polar surface area (TPSA) is 169 Å². The molecule has 9 heterocycles. The first-order chi connectivity index (χ1) is 71.3. The predicted molar refractivity (Wildman–Crippen MR) is 592 cm³/mol. The molecular weight excluding hydrogens is 1800 g/mol. The van der Waals surface area contributed by atoms with Gasteiger partial charge >= 0.3 is 0 Å². The van der Waals surface area contributed by atoms with E-state index in [0.717, 1.165) is 160 Å². The van der Waals surface area contributed by atoms with E-state index in [0.29, 0.717) is 52.4 Å². The summed E-state index contributed by atoms with van der Waals surface area (Å²) in [6.45, 7) is 0. The fraction of sp³-hybridized carbons (Fsp3) is 0. The molecule has 30 rings (SSSR count). The Bertz CT molecular complexity index is 9980. The van der Waals surface area contributed by atoms with E-state index in [-0.39, 0.29) is 0 Å². The average Bonchev–Trinajstić information content (AvgIpc) is 1.59. The average molecular weight is 1880 g/mol.